The fraction of sp³-hybridized carbons (Fsp3) is 0.389. The van der Waals surface area contributed by atoms with Crippen LogP contribution in [0.1, 0.15) is 95.2 Å². The number of aryl methyl sites for hydroxylation is 4. The van der Waals surface area contributed by atoms with Crippen LogP contribution in [0.4, 0.5) is 0 Å². The number of carbonyl (C=O) groups excluding carboxylic acids is 2. The Morgan fingerprint density at radius 1 is 0.705 bits per heavy atom. The predicted molar refractivity (Wildman–Crippen MR) is 206 cm³/mol. The molecule has 0 unspecified atom stereocenters. The number of fused-ring (bicyclic) bond motifs is 2. The summed E-state index contributed by atoms with van der Waals surface area (Å²) in [6.07, 6.45) is 3.25. The van der Waals surface area contributed by atoms with Gasteiger partial charge in [-0.05, 0) is 81.7 Å². The molecule has 0 saturated heterocycles. The van der Waals surface area contributed by atoms with E-state index >= 15 is 0 Å². The topological polar surface area (TPSA) is 65.7 Å². The van der Waals surface area contributed by atoms with Gasteiger partial charge in [-0.1, -0.05) is 74.8 Å². The van der Waals surface area contributed by atoms with Gasteiger partial charge in [0.15, 0.2) is 11.6 Å². The summed E-state index contributed by atoms with van der Waals surface area (Å²) in [5.74, 6) is 0.566. The number of hydrogen-bond acceptors (Lipinski definition) is 4. The molecular weight excluding hydrogens is 810 g/mol. The Hall–Kier alpha value is -1.50. The number of hydrogen-bond donors (Lipinski definition) is 3. The summed E-state index contributed by atoms with van der Waals surface area (Å²) < 4.78 is 0. The van der Waals surface area contributed by atoms with E-state index in [4.69, 9.17) is 0 Å². The Labute approximate surface area is 296 Å². The number of thiol groups is 1. The molecule has 0 bridgehead atoms. The molecule has 2 aliphatic rings. The molecular formula is C36H44I2N2O2S2. The van der Waals surface area contributed by atoms with E-state index in [9.17, 15) is 9.59 Å². The van der Waals surface area contributed by atoms with E-state index in [1.807, 2.05) is 37.3 Å². The average Bonchev–Trinajstić information content (AvgIpc) is 3.45. The van der Waals surface area contributed by atoms with E-state index < -0.39 is 0 Å². The summed E-state index contributed by atoms with van der Waals surface area (Å²) in [7, 11) is 0. The van der Waals surface area contributed by atoms with Gasteiger partial charge >= 0.3 is 0 Å². The van der Waals surface area contributed by atoms with Crippen molar-refractivity contribution in [1.29, 1.82) is 0 Å². The first kappa shape index (κ1) is 37.0. The van der Waals surface area contributed by atoms with Crippen molar-refractivity contribution in [3.8, 4) is 0 Å². The van der Waals surface area contributed by atoms with Crippen LogP contribution in [0.25, 0.3) is 0 Å². The number of ketones is 2. The lowest BCUT2D eigenvalue weighted by molar-refractivity contribution is 0.0900. The van der Waals surface area contributed by atoms with Crippen LogP contribution in [0.15, 0.2) is 69.3 Å². The fourth-order valence-corrected chi connectivity index (χ4v) is 6.86. The van der Waals surface area contributed by atoms with Gasteiger partial charge in [0, 0.05) is 93.1 Å². The molecule has 4 aromatic rings. The highest BCUT2D eigenvalue weighted by atomic mass is 128. The second-order valence-corrected chi connectivity index (χ2v) is 15.0. The number of carbonyl (C=O) groups is 2. The molecule has 2 N–H and O–H groups in total. The lowest BCUT2D eigenvalue weighted by atomic mass is 9.76. The van der Waals surface area contributed by atoms with Gasteiger partial charge in [0.25, 0.3) is 0 Å². The van der Waals surface area contributed by atoms with Crippen LogP contribution in [0.3, 0.4) is 0 Å². The summed E-state index contributed by atoms with van der Waals surface area (Å²) in [6, 6.07) is 18.5. The standard InChI is InChI=1S/C18H21NOS.C11H15NO.C7H8S.I2/c1-11-5-7-13(8-6-11)21-17-12(2)19-14-9-18(3,4)10-15(20)16(14)17;1-7-4-8-9(12-7)5-11(2,3)6-10(8)13;1-6-2-4-7(8)5-3-6;1-2/h5-8,19H,9-10H2,1-4H3;4,12H,5-6H2,1-3H3;2-5,8H,1H3;. The summed E-state index contributed by atoms with van der Waals surface area (Å²) in [5.41, 5.74) is 9.01. The third kappa shape index (κ3) is 10.3. The van der Waals surface area contributed by atoms with Crippen LogP contribution in [-0.4, -0.2) is 21.5 Å². The molecule has 2 aromatic carbocycles. The minimum absolute atomic E-state index is 0.0627. The molecule has 8 heteroatoms. The number of Topliss-reactive ketones (excluding diaryl/α,β-unsaturated/α-hetero) is 2. The minimum Gasteiger partial charge on any atom is -0.362 e. The maximum atomic E-state index is 12.5. The first-order chi connectivity index (χ1) is 20.6. The summed E-state index contributed by atoms with van der Waals surface area (Å²) in [4.78, 5) is 34.3. The number of nitrogens with one attached hydrogen (secondary N) is 2. The van der Waals surface area contributed by atoms with Crippen LogP contribution in [0, 0.1) is 38.5 Å². The van der Waals surface area contributed by atoms with Crippen molar-refractivity contribution >= 4 is 73.2 Å². The third-order valence-corrected chi connectivity index (χ3v) is 9.21. The highest BCUT2D eigenvalue weighted by Crippen LogP contribution is 2.42. The number of aromatic nitrogens is 2. The Bertz CT molecular complexity index is 1560. The highest BCUT2D eigenvalue weighted by molar-refractivity contribution is 15.0. The molecule has 0 aliphatic heterocycles. The first-order valence-corrected chi connectivity index (χ1v) is 22.3. The molecule has 44 heavy (non-hydrogen) atoms. The summed E-state index contributed by atoms with van der Waals surface area (Å²) >= 11 is 10.1. The third-order valence-electron chi connectivity index (χ3n) is 7.68. The Morgan fingerprint density at radius 3 is 1.75 bits per heavy atom. The van der Waals surface area contributed by atoms with Crippen LogP contribution in [0.2, 0.25) is 0 Å². The molecule has 0 radical (unpaired) electrons. The molecule has 2 aromatic heterocycles. The molecule has 236 valence electrons. The van der Waals surface area contributed by atoms with Gasteiger partial charge in [-0.2, -0.15) is 0 Å². The molecule has 2 heterocycles. The Morgan fingerprint density at radius 2 is 1.20 bits per heavy atom. The second-order valence-electron chi connectivity index (χ2n) is 13.4. The second kappa shape index (κ2) is 15.9. The largest absolute Gasteiger partial charge is 0.362 e. The number of rotatable bonds is 2. The summed E-state index contributed by atoms with van der Waals surface area (Å²) in [6.45, 7) is 16.8. The van der Waals surface area contributed by atoms with Gasteiger partial charge in [0.05, 0.1) is 5.56 Å². The van der Waals surface area contributed by atoms with Crippen molar-refractivity contribution in [2.24, 2.45) is 10.8 Å². The number of aromatic amines is 2. The van der Waals surface area contributed by atoms with Crippen LogP contribution in [0.5, 0.6) is 0 Å². The normalized spacial score (nSPS) is 15.8. The van der Waals surface area contributed by atoms with E-state index in [0.717, 1.165) is 56.5 Å². The van der Waals surface area contributed by atoms with Gasteiger partial charge in [-0.25, -0.2) is 0 Å². The number of H-pyrrole nitrogens is 2. The van der Waals surface area contributed by atoms with Crippen molar-refractivity contribution in [3.05, 3.63) is 99.6 Å². The van der Waals surface area contributed by atoms with E-state index in [1.165, 1.54) is 16.0 Å². The highest BCUT2D eigenvalue weighted by Gasteiger charge is 2.35. The van der Waals surface area contributed by atoms with E-state index in [2.05, 4.69) is 133 Å². The molecule has 0 spiro atoms. The van der Waals surface area contributed by atoms with Gasteiger partial charge in [-0.3, -0.25) is 9.59 Å². The predicted octanol–water partition coefficient (Wildman–Crippen LogP) is 11.5. The first-order valence-electron chi connectivity index (χ1n) is 14.7. The summed E-state index contributed by atoms with van der Waals surface area (Å²) in [5, 5.41) is 0. The van der Waals surface area contributed by atoms with Crippen molar-refractivity contribution in [2.45, 2.75) is 95.8 Å². The Kier molecular flexibility index (Phi) is 13.3. The van der Waals surface area contributed by atoms with Gasteiger partial charge in [-0.15, -0.1) is 12.6 Å². The molecule has 0 atom stereocenters. The average molecular weight is 855 g/mol. The van der Waals surface area contributed by atoms with Crippen LogP contribution in [-0.2, 0) is 12.8 Å². The van der Waals surface area contributed by atoms with Gasteiger partial charge < -0.3 is 9.97 Å². The van der Waals surface area contributed by atoms with E-state index in [1.54, 1.807) is 11.8 Å². The van der Waals surface area contributed by atoms with Crippen molar-refractivity contribution < 1.29 is 9.59 Å². The van der Waals surface area contributed by atoms with Crippen molar-refractivity contribution in [1.82, 2.24) is 9.97 Å². The molecule has 6 rings (SSSR count). The zero-order valence-corrected chi connectivity index (χ0v) is 33.0. The van der Waals surface area contributed by atoms with Crippen molar-refractivity contribution in [3.63, 3.8) is 0 Å². The fourth-order valence-electron chi connectivity index (χ4n) is 5.66. The molecule has 0 saturated carbocycles. The molecule has 2 aliphatic carbocycles. The zero-order valence-electron chi connectivity index (χ0n) is 27.0. The SMILES string of the molecule is Cc1cc2c([nH]1)CC(C)(C)CC2=O.Cc1ccc(S)cc1.Cc1ccc(Sc2c(C)[nH]c3c2C(=O)CC(C)(C)C3)cc1.II. The molecule has 0 fully saturated rings. The zero-order chi connectivity index (χ0) is 32.8. The van der Waals surface area contributed by atoms with Crippen molar-refractivity contribution in [2.75, 3.05) is 0 Å². The van der Waals surface area contributed by atoms with Gasteiger partial charge in [0.2, 0.25) is 0 Å². The smallest absolute Gasteiger partial charge is 0.166 e. The quantitative estimate of drug-likeness (QED) is 0.139. The lowest BCUT2D eigenvalue weighted by Crippen LogP contribution is -2.26. The maximum absolute atomic E-state index is 12.5. The monoisotopic (exact) mass is 854 g/mol. The lowest BCUT2D eigenvalue weighted by Gasteiger charge is -2.28. The number of benzene rings is 2. The minimum atomic E-state index is 0.0627. The molecule has 0 amide bonds. The number of halogens is 2. The van der Waals surface area contributed by atoms with Crippen LogP contribution >= 0.6 is 61.6 Å². The Balaban J connectivity index is 0.000000195. The van der Waals surface area contributed by atoms with Gasteiger partial charge in [0.1, 0.15) is 0 Å². The maximum Gasteiger partial charge on any atom is 0.166 e. The van der Waals surface area contributed by atoms with Crippen LogP contribution < -0.4 is 0 Å². The molecule has 4 nitrogen and oxygen atoms in total. The van der Waals surface area contributed by atoms with E-state index in [-0.39, 0.29) is 22.4 Å². The van der Waals surface area contributed by atoms with E-state index in [0.29, 0.717) is 12.8 Å².